The van der Waals surface area contributed by atoms with Gasteiger partial charge in [0.25, 0.3) is 0 Å². The Balaban J connectivity index is 1.65. The summed E-state index contributed by atoms with van der Waals surface area (Å²) in [6.07, 6.45) is 1.97. The number of anilines is 1. The van der Waals surface area contributed by atoms with E-state index in [-0.39, 0.29) is 30.3 Å². The van der Waals surface area contributed by atoms with Crippen LogP contribution < -0.4 is 5.32 Å². The lowest BCUT2D eigenvalue weighted by Crippen LogP contribution is -2.13. The second-order valence-corrected chi connectivity index (χ2v) is 8.53. The number of thiazole rings is 1. The van der Waals surface area contributed by atoms with Crippen molar-refractivity contribution in [3.05, 3.63) is 69.3 Å². The van der Waals surface area contributed by atoms with E-state index in [0.29, 0.717) is 10.7 Å². The number of nitrogens with zero attached hydrogens (tertiary/aromatic N) is 1. The number of aryl methyl sites for hydroxylation is 1. The van der Waals surface area contributed by atoms with E-state index in [4.69, 9.17) is 0 Å². The number of amides is 1. The van der Waals surface area contributed by atoms with E-state index in [1.807, 2.05) is 0 Å². The molecule has 1 heterocycles. The average Bonchev–Trinajstić information content (AvgIpc) is 3.09. The van der Waals surface area contributed by atoms with E-state index < -0.39 is 0 Å². The number of hydrogen-bond acceptors (Lipinski definition) is 4. The van der Waals surface area contributed by atoms with E-state index in [9.17, 15) is 14.0 Å². The van der Waals surface area contributed by atoms with Crippen LogP contribution in [0.1, 0.15) is 41.4 Å². The second-order valence-electron chi connectivity index (χ2n) is 6.53. The van der Waals surface area contributed by atoms with E-state index in [2.05, 4.69) is 33.2 Å². The van der Waals surface area contributed by atoms with Gasteiger partial charge in [0.1, 0.15) is 5.82 Å². The summed E-state index contributed by atoms with van der Waals surface area (Å²) in [6.45, 7) is 2.07. The van der Waals surface area contributed by atoms with Crippen molar-refractivity contribution in [2.24, 2.45) is 0 Å². The fourth-order valence-corrected chi connectivity index (χ4v) is 4.19. The summed E-state index contributed by atoms with van der Waals surface area (Å²) in [5.74, 6) is -0.631. The zero-order chi connectivity index (χ0) is 20.8. The number of Topliss-reactive ketones (excluding diaryl/α,β-unsaturated/α-hetero) is 1. The third kappa shape index (κ3) is 5.81. The lowest BCUT2D eigenvalue weighted by atomic mass is 10.1. The fourth-order valence-electron chi connectivity index (χ4n) is 2.82. The van der Waals surface area contributed by atoms with Gasteiger partial charge in [-0.2, -0.15) is 0 Å². The van der Waals surface area contributed by atoms with E-state index in [1.165, 1.54) is 23.5 Å². The van der Waals surface area contributed by atoms with Gasteiger partial charge < -0.3 is 5.32 Å². The van der Waals surface area contributed by atoms with Gasteiger partial charge in [0, 0.05) is 33.3 Å². The summed E-state index contributed by atoms with van der Waals surface area (Å²) < 4.78 is 14.1. The Morgan fingerprint density at radius 2 is 1.76 bits per heavy atom. The van der Waals surface area contributed by atoms with Gasteiger partial charge in [-0.1, -0.05) is 41.4 Å². The van der Waals surface area contributed by atoms with Gasteiger partial charge in [-0.25, -0.2) is 9.37 Å². The van der Waals surface area contributed by atoms with Crippen molar-refractivity contribution < 1.29 is 14.0 Å². The van der Waals surface area contributed by atoms with Crippen molar-refractivity contribution >= 4 is 44.1 Å². The number of carbonyl (C=O) groups excluding carboxylic acids is 2. The van der Waals surface area contributed by atoms with Crippen molar-refractivity contribution in [1.29, 1.82) is 0 Å². The first-order valence-corrected chi connectivity index (χ1v) is 10.9. The molecule has 1 amide bonds. The van der Waals surface area contributed by atoms with E-state index in [0.717, 1.165) is 33.4 Å². The normalized spacial score (nSPS) is 10.7. The highest BCUT2D eigenvalue weighted by Crippen LogP contribution is 2.32. The first-order valence-electron chi connectivity index (χ1n) is 9.30. The molecular formula is C22H20BrFN2O2S. The molecule has 0 radical (unpaired) electrons. The summed E-state index contributed by atoms with van der Waals surface area (Å²) in [7, 11) is 0. The molecule has 0 aliphatic rings. The maximum Gasteiger partial charge on any atom is 0.226 e. The van der Waals surface area contributed by atoms with Crippen LogP contribution in [-0.4, -0.2) is 16.7 Å². The maximum absolute atomic E-state index is 13.2. The standard InChI is InChI=1S/C22H20BrFN2O2S/c1-2-3-19-21(15-6-10-17(24)11-7-15)26-22(29-19)25-20(28)13-12-18(27)14-4-8-16(23)9-5-14/h4-11H,2-3,12-13H2,1H3,(H,25,26,28). The first-order chi connectivity index (χ1) is 14.0. The highest BCUT2D eigenvalue weighted by atomic mass is 79.9. The van der Waals surface area contributed by atoms with Gasteiger partial charge >= 0.3 is 0 Å². The number of ketones is 1. The fraction of sp³-hybridized carbons (Fsp3) is 0.227. The quantitative estimate of drug-likeness (QED) is 0.391. The maximum atomic E-state index is 13.2. The van der Waals surface area contributed by atoms with Crippen LogP contribution in [0, 0.1) is 5.82 Å². The highest BCUT2D eigenvalue weighted by Gasteiger charge is 2.15. The van der Waals surface area contributed by atoms with E-state index in [1.54, 1.807) is 36.4 Å². The number of hydrogen-bond donors (Lipinski definition) is 1. The van der Waals surface area contributed by atoms with Crippen molar-refractivity contribution in [3.63, 3.8) is 0 Å². The molecule has 0 saturated carbocycles. The topological polar surface area (TPSA) is 59.1 Å². The molecule has 0 fully saturated rings. The zero-order valence-corrected chi connectivity index (χ0v) is 18.3. The summed E-state index contributed by atoms with van der Waals surface area (Å²) in [5, 5.41) is 3.29. The highest BCUT2D eigenvalue weighted by molar-refractivity contribution is 9.10. The molecule has 0 atom stereocenters. The molecule has 2 aromatic carbocycles. The Hall–Kier alpha value is -2.38. The van der Waals surface area contributed by atoms with Crippen LogP contribution in [0.4, 0.5) is 9.52 Å². The molecule has 0 unspecified atom stereocenters. The monoisotopic (exact) mass is 474 g/mol. The molecule has 4 nitrogen and oxygen atoms in total. The predicted octanol–water partition coefficient (Wildman–Crippen LogP) is 6.27. The van der Waals surface area contributed by atoms with Crippen LogP contribution in [0.15, 0.2) is 53.0 Å². The zero-order valence-electron chi connectivity index (χ0n) is 15.9. The summed E-state index contributed by atoms with van der Waals surface area (Å²) in [6, 6.07) is 13.2. The third-order valence-corrected chi connectivity index (χ3v) is 5.84. The Labute approximate surface area is 181 Å². The van der Waals surface area contributed by atoms with E-state index >= 15 is 0 Å². The molecule has 0 saturated heterocycles. The number of carbonyl (C=O) groups is 2. The Morgan fingerprint density at radius 3 is 2.41 bits per heavy atom. The van der Waals surface area contributed by atoms with Crippen molar-refractivity contribution in [1.82, 2.24) is 4.98 Å². The van der Waals surface area contributed by atoms with Gasteiger partial charge in [-0.05, 0) is 42.8 Å². The molecule has 7 heteroatoms. The summed E-state index contributed by atoms with van der Waals surface area (Å²) in [5.41, 5.74) is 2.16. The first kappa shape index (κ1) is 21.3. The largest absolute Gasteiger partial charge is 0.302 e. The van der Waals surface area contributed by atoms with Gasteiger partial charge in [0.15, 0.2) is 10.9 Å². The van der Waals surface area contributed by atoms with Gasteiger partial charge in [-0.3, -0.25) is 9.59 Å². The smallest absolute Gasteiger partial charge is 0.226 e. The van der Waals surface area contributed by atoms with Crippen LogP contribution in [0.3, 0.4) is 0 Å². The minimum Gasteiger partial charge on any atom is -0.302 e. The summed E-state index contributed by atoms with van der Waals surface area (Å²) in [4.78, 5) is 30.1. The molecule has 0 aliphatic heterocycles. The van der Waals surface area contributed by atoms with Crippen LogP contribution in [0.25, 0.3) is 11.3 Å². The van der Waals surface area contributed by atoms with Crippen molar-refractivity contribution in [2.75, 3.05) is 5.32 Å². The number of aromatic nitrogens is 1. The van der Waals surface area contributed by atoms with Crippen molar-refractivity contribution in [3.8, 4) is 11.3 Å². The van der Waals surface area contributed by atoms with Gasteiger partial charge in [-0.15, -0.1) is 11.3 Å². The second kappa shape index (κ2) is 9.89. The molecule has 0 bridgehead atoms. The molecule has 0 aliphatic carbocycles. The predicted molar refractivity (Wildman–Crippen MR) is 118 cm³/mol. The Kier molecular flexibility index (Phi) is 7.28. The number of halogens is 2. The Bertz CT molecular complexity index is 1000. The molecule has 3 aromatic rings. The third-order valence-electron chi connectivity index (χ3n) is 4.28. The van der Waals surface area contributed by atoms with Crippen LogP contribution in [0.5, 0.6) is 0 Å². The van der Waals surface area contributed by atoms with Crippen LogP contribution in [-0.2, 0) is 11.2 Å². The number of nitrogens with one attached hydrogen (secondary N) is 1. The number of benzene rings is 2. The molecule has 0 spiro atoms. The molecule has 1 N–H and O–H groups in total. The molecule has 3 rings (SSSR count). The Morgan fingerprint density at radius 1 is 1.07 bits per heavy atom. The molecule has 1 aromatic heterocycles. The minimum atomic E-state index is -0.301. The SMILES string of the molecule is CCCc1sc(NC(=O)CCC(=O)c2ccc(Br)cc2)nc1-c1ccc(F)cc1. The summed E-state index contributed by atoms with van der Waals surface area (Å²) >= 11 is 4.75. The van der Waals surface area contributed by atoms with Crippen LogP contribution in [0.2, 0.25) is 0 Å². The van der Waals surface area contributed by atoms with Gasteiger partial charge in [0.05, 0.1) is 5.69 Å². The van der Waals surface area contributed by atoms with Crippen molar-refractivity contribution in [2.45, 2.75) is 32.6 Å². The lowest BCUT2D eigenvalue weighted by Gasteiger charge is -2.02. The number of rotatable bonds is 8. The average molecular weight is 475 g/mol. The molecule has 150 valence electrons. The lowest BCUT2D eigenvalue weighted by molar-refractivity contribution is -0.116. The van der Waals surface area contributed by atoms with Gasteiger partial charge in [0.2, 0.25) is 5.91 Å². The van der Waals surface area contributed by atoms with Crippen LogP contribution >= 0.6 is 27.3 Å². The minimum absolute atomic E-state index is 0.0783. The molecule has 29 heavy (non-hydrogen) atoms. The molecular weight excluding hydrogens is 455 g/mol.